The second-order valence-electron chi connectivity index (χ2n) is 10.4. The van der Waals surface area contributed by atoms with Gasteiger partial charge in [0.25, 0.3) is 0 Å². The summed E-state index contributed by atoms with van der Waals surface area (Å²) in [6.07, 6.45) is -1.14. The van der Waals surface area contributed by atoms with Gasteiger partial charge in [0.15, 0.2) is 5.78 Å². The maximum atomic E-state index is 13.2. The Balaban J connectivity index is 3.00. The minimum Gasteiger partial charge on any atom is -0.461 e. The standard InChI is InChI=1S/C25H38N2O6/c1-24(2,3)21(26-23(31)33-25(4,5)6)19(28)14-18(15-20(29)27(7)8)22(30)32-16-17-12-10-9-11-13-17/h9-13,18,21H,14-16H2,1-8H3,(H,26,31)/t18-,21+/m0/s1. The number of hydrogen-bond acceptors (Lipinski definition) is 6. The summed E-state index contributed by atoms with van der Waals surface area (Å²) in [5.41, 5.74) is -0.566. The fraction of sp³-hybridized carbons (Fsp3) is 0.600. The summed E-state index contributed by atoms with van der Waals surface area (Å²) in [6, 6.07) is 8.24. The zero-order chi connectivity index (χ0) is 25.4. The fourth-order valence-corrected chi connectivity index (χ4v) is 3.04. The van der Waals surface area contributed by atoms with Crippen molar-refractivity contribution < 1.29 is 28.7 Å². The van der Waals surface area contributed by atoms with Crippen molar-refractivity contribution in [2.24, 2.45) is 11.3 Å². The molecule has 0 saturated carbocycles. The molecule has 8 heteroatoms. The Hall–Kier alpha value is -2.90. The van der Waals surface area contributed by atoms with Crippen LogP contribution in [0.1, 0.15) is 59.9 Å². The Labute approximate surface area is 197 Å². The smallest absolute Gasteiger partial charge is 0.408 e. The van der Waals surface area contributed by atoms with Gasteiger partial charge in [0.05, 0.1) is 12.0 Å². The first-order valence-corrected chi connectivity index (χ1v) is 11.0. The Bertz CT molecular complexity index is 822. The number of Topliss-reactive ketones (excluding diaryl/α,β-unsaturated/α-hetero) is 1. The number of alkyl carbamates (subject to hydrolysis) is 1. The third-order valence-corrected chi connectivity index (χ3v) is 4.77. The molecular weight excluding hydrogens is 424 g/mol. The predicted octanol–water partition coefficient (Wildman–Crippen LogP) is 3.72. The summed E-state index contributed by atoms with van der Waals surface area (Å²) in [5.74, 6) is -2.27. The lowest BCUT2D eigenvalue weighted by atomic mass is 9.81. The molecule has 0 aliphatic rings. The van der Waals surface area contributed by atoms with E-state index in [2.05, 4.69) is 5.32 Å². The van der Waals surface area contributed by atoms with Crippen LogP contribution in [-0.4, -0.2) is 54.4 Å². The summed E-state index contributed by atoms with van der Waals surface area (Å²) in [4.78, 5) is 52.1. The molecule has 0 heterocycles. The van der Waals surface area contributed by atoms with Gasteiger partial charge in [0, 0.05) is 26.9 Å². The highest BCUT2D eigenvalue weighted by molar-refractivity contribution is 5.92. The van der Waals surface area contributed by atoms with Gasteiger partial charge in [-0.3, -0.25) is 14.4 Å². The molecular formula is C25H38N2O6. The van der Waals surface area contributed by atoms with Gasteiger partial charge < -0.3 is 19.7 Å². The largest absolute Gasteiger partial charge is 0.461 e. The molecule has 0 aromatic heterocycles. The summed E-state index contributed by atoms with van der Waals surface area (Å²) < 4.78 is 10.7. The van der Waals surface area contributed by atoms with Crippen LogP contribution in [0.25, 0.3) is 0 Å². The Morgan fingerprint density at radius 2 is 1.52 bits per heavy atom. The fourth-order valence-electron chi connectivity index (χ4n) is 3.04. The zero-order valence-electron chi connectivity index (χ0n) is 21.1. The van der Waals surface area contributed by atoms with Gasteiger partial charge in [-0.15, -0.1) is 0 Å². The highest BCUT2D eigenvalue weighted by atomic mass is 16.6. The summed E-state index contributed by atoms with van der Waals surface area (Å²) >= 11 is 0. The van der Waals surface area contributed by atoms with E-state index < -0.39 is 35.0 Å². The first-order valence-electron chi connectivity index (χ1n) is 11.0. The van der Waals surface area contributed by atoms with Crippen molar-refractivity contribution in [3.63, 3.8) is 0 Å². The topological polar surface area (TPSA) is 102 Å². The quantitative estimate of drug-likeness (QED) is 0.561. The number of nitrogens with zero attached hydrogens (tertiary/aromatic N) is 1. The van der Waals surface area contributed by atoms with Crippen molar-refractivity contribution in [2.45, 2.75) is 72.6 Å². The molecule has 2 amide bonds. The summed E-state index contributed by atoms with van der Waals surface area (Å²) in [5, 5.41) is 2.63. The van der Waals surface area contributed by atoms with Crippen LogP contribution in [0.15, 0.2) is 30.3 Å². The third kappa shape index (κ3) is 10.5. The highest BCUT2D eigenvalue weighted by Crippen LogP contribution is 2.25. The number of hydrogen-bond donors (Lipinski definition) is 1. The summed E-state index contributed by atoms with van der Waals surface area (Å²) in [7, 11) is 3.16. The normalized spacial score (nSPS) is 13.5. The molecule has 0 aliphatic carbocycles. The van der Waals surface area contributed by atoms with Gasteiger partial charge in [-0.25, -0.2) is 4.79 Å². The minimum atomic E-state index is -0.971. The van der Waals surface area contributed by atoms with E-state index in [1.54, 1.807) is 55.6 Å². The van der Waals surface area contributed by atoms with E-state index in [0.717, 1.165) is 5.56 Å². The van der Waals surface area contributed by atoms with Crippen LogP contribution in [0.4, 0.5) is 4.79 Å². The lowest BCUT2D eigenvalue weighted by Gasteiger charge is -2.32. The second-order valence-corrected chi connectivity index (χ2v) is 10.4. The van der Waals surface area contributed by atoms with Gasteiger partial charge in [-0.05, 0) is 31.7 Å². The number of nitrogens with one attached hydrogen (secondary N) is 1. The average Bonchev–Trinajstić information content (AvgIpc) is 2.68. The van der Waals surface area contributed by atoms with Crippen LogP contribution in [0.3, 0.4) is 0 Å². The monoisotopic (exact) mass is 462 g/mol. The lowest BCUT2D eigenvalue weighted by Crippen LogP contribution is -2.51. The maximum Gasteiger partial charge on any atom is 0.408 e. The van der Waals surface area contributed by atoms with Gasteiger partial charge in [-0.2, -0.15) is 0 Å². The number of benzene rings is 1. The van der Waals surface area contributed by atoms with Gasteiger partial charge in [0.1, 0.15) is 12.2 Å². The van der Waals surface area contributed by atoms with E-state index in [-0.39, 0.29) is 31.1 Å². The van der Waals surface area contributed by atoms with Crippen LogP contribution in [0.2, 0.25) is 0 Å². The molecule has 1 N–H and O–H groups in total. The van der Waals surface area contributed by atoms with Crippen molar-refractivity contribution in [3.8, 4) is 0 Å². The maximum absolute atomic E-state index is 13.2. The molecule has 8 nitrogen and oxygen atoms in total. The van der Waals surface area contributed by atoms with E-state index in [9.17, 15) is 19.2 Å². The van der Waals surface area contributed by atoms with E-state index >= 15 is 0 Å². The summed E-state index contributed by atoms with van der Waals surface area (Å²) in [6.45, 7) is 10.6. The molecule has 0 radical (unpaired) electrons. The molecule has 0 bridgehead atoms. The molecule has 0 aliphatic heterocycles. The van der Waals surface area contributed by atoms with Crippen LogP contribution < -0.4 is 5.32 Å². The highest BCUT2D eigenvalue weighted by Gasteiger charge is 2.37. The van der Waals surface area contributed by atoms with Crippen LogP contribution in [-0.2, 0) is 30.5 Å². The molecule has 0 saturated heterocycles. The van der Waals surface area contributed by atoms with E-state index in [0.29, 0.717) is 0 Å². The number of ketones is 1. The average molecular weight is 463 g/mol. The first-order chi connectivity index (χ1) is 15.1. The van der Waals surface area contributed by atoms with Crippen molar-refractivity contribution >= 4 is 23.8 Å². The number of amides is 2. The van der Waals surface area contributed by atoms with Crippen molar-refractivity contribution in [3.05, 3.63) is 35.9 Å². The molecule has 1 rings (SSSR count). The van der Waals surface area contributed by atoms with E-state index in [1.165, 1.54) is 4.90 Å². The van der Waals surface area contributed by atoms with E-state index in [1.807, 2.05) is 30.3 Å². The van der Waals surface area contributed by atoms with Crippen molar-refractivity contribution in [2.75, 3.05) is 14.1 Å². The minimum absolute atomic E-state index is 0.0410. The first kappa shape index (κ1) is 28.1. The van der Waals surface area contributed by atoms with Crippen molar-refractivity contribution in [1.29, 1.82) is 0 Å². The second kappa shape index (κ2) is 11.8. The van der Waals surface area contributed by atoms with Crippen LogP contribution in [0.5, 0.6) is 0 Å². The number of rotatable bonds is 9. The third-order valence-electron chi connectivity index (χ3n) is 4.77. The Kier molecular flexibility index (Phi) is 10.1. The molecule has 0 fully saturated rings. The number of carbonyl (C=O) groups excluding carboxylic acids is 4. The van der Waals surface area contributed by atoms with Crippen LogP contribution in [0, 0.1) is 11.3 Å². The Morgan fingerprint density at radius 1 is 0.939 bits per heavy atom. The molecule has 184 valence electrons. The predicted molar refractivity (Wildman–Crippen MR) is 125 cm³/mol. The van der Waals surface area contributed by atoms with Gasteiger partial charge in [-0.1, -0.05) is 51.1 Å². The van der Waals surface area contributed by atoms with E-state index in [4.69, 9.17) is 9.47 Å². The molecule has 0 unspecified atom stereocenters. The Morgan fingerprint density at radius 3 is 2.00 bits per heavy atom. The number of ether oxygens (including phenoxy) is 2. The number of carbonyl (C=O) groups is 4. The zero-order valence-corrected chi connectivity index (χ0v) is 21.1. The molecule has 1 aromatic rings. The van der Waals surface area contributed by atoms with Crippen LogP contribution >= 0.6 is 0 Å². The molecule has 33 heavy (non-hydrogen) atoms. The molecule has 0 spiro atoms. The SMILES string of the molecule is CN(C)C(=O)C[C@H](CC(=O)[C@@H](NC(=O)OC(C)(C)C)C(C)(C)C)C(=O)OCc1ccccc1. The lowest BCUT2D eigenvalue weighted by molar-refractivity contribution is -0.154. The molecule has 1 aromatic carbocycles. The molecule has 2 atom stereocenters. The van der Waals surface area contributed by atoms with Gasteiger partial charge in [0.2, 0.25) is 5.91 Å². The number of esters is 1. The van der Waals surface area contributed by atoms with Crippen molar-refractivity contribution in [1.82, 2.24) is 10.2 Å². The van der Waals surface area contributed by atoms with Gasteiger partial charge >= 0.3 is 12.1 Å².